The molecule has 8 bridgehead atoms. The van der Waals surface area contributed by atoms with Crippen LogP contribution < -0.4 is 0 Å². The Morgan fingerprint density at radius 3 is 0.820 bits per heavy atom. The van der Waals surface area contributed by atoms with Gasteiger partial charge in [0, 0.05) is 22.3 Å². The van der Waals surface area contributed by atoms with Crippen LogP contribution in [0.5, 0.6) is 0 Å². The highest BCUT2D eigenvalue weighted by atomic mass is 14.7. The summed E-state index contributed by atoms with van der Waals surface area (Å²) in [6.45, 7) is 10.3. The molecule has 0 heterocycles. The van der Waals surface area contributed by atoms with Gasteiger partial charge in [0.1, 0.15) is 0 Å². The van der Waals surface area contributed by atoms with E-state index in [2.05, 4.69) is 99.9 Å². The molecule has 0 spiro atoms. The summed E-state index contributed by atoms with van der Waals surface area (Å²) in [5, 5.41) is 0. The molecule has 0 radical (unpaired) electrons. The van der Waals surface area contributed by atoms with Crippen molar-refractivity contribution in [1.82, 2.24) is 0 Å². The second-order valence-corrected chi connectivity index (χ2v) is 20.2. The molecule has 50 heavy (non-hydrogen) atoms. The van der Waals surface area contributed by atoms with Crippen LogP contribution in [-0.2, 0) is 21.7 Å². The van der Waals surface area contributed by atoms with E-state index in [-0.39, 0.29) is 21.7 Å². The van der Waals surface area contributed by atoms with Crippen LogP contribution in [0.25, 0.3) is 0 Å². The molecule has 0 saturated heterocycles. The van der Waals surface area contributed by atoms with Crippen LogP contribution in [-0.4, -0.2) is 0 Å². The van der Waals surface area contributed by atoms with Crippen molar-refractivity contribution in [2.24, 2.45) is 21.7 Å². The molecule has 8 aliphatic carbocycles. The van der Waals surface area contributed by atoms with Crippen molar-refractivity contribution >= 4 is 0 Å². The molecule has 0 nitrogen and oxygen atoms in total. The van der Waals surface area contributed by atoms with Gasteiger partial charge < -0.3 is 0 Å². The third kappa shape index (κ3) is 4.51. The van der Waals surface area contributed by atoms with Gasteiger partial charge in [-0.25, -0.2) is 0 Å². The van der Waals surface area contributed by atoms with E-state index in [1.54, 1.807) is 11.1 Å². The zero-order valence-corrected chi connectivity index (χ0v) is 30.6. The molecule has 0 aromatic heterocycles. The van der Waals surface area contributed by atoms with Gasteiger partial charge in [-0.1, -0.05) is 75.6 Å². The summed E-state index contributed by atoms with van der Waals surface area (Å²) in [4.78, 5) is 0. The maximum atomic E-state index is 5.97. The number of hydrogen-bond acceptors (Lipinski definition) is 0. The molecule has 250 valence electrons. The zero-order chi connectivity index (χ0) is 35.0. The molecule has 4 unspecified atom stereocenters. The molecule has 0 amide bonds. The van der Waals surface area contributed by atoms with Crippen molar-refractivity contribution in [2.45, 2.75) is 126 Å². The Kier molecular flexibility index (Phi) is 6.25. The van der Waals surface area contributed by atoms with E-state index in [4.69, 9.17) is 25.7 Å². The van der Waals surface area contributed by atoms with Crippen LogP contribution in [0.15, 0.2) is 60.7 Å². The maximum absolute atomic E-state index is 5.97. The predicted octanol–water partition coefficient (Wildman–Crippen LogP) is 10.8. The first-order valence-corrected chi connectivity index (χ1v) is 18.9. The zero-order valence-electron chi connectivity index (χ0n) is 30.6. The number of terminal acetylenes is 4. The Bertz CT molecular complexity index is 1890. The predicted molar refractivity (Wildman–Crippen MR) is 206 cm³/mol. The van der Waals surface area contributed by atoms with E-state index in [0.717, 1.165) is 22.3 Å². The lowest BCUT2D eigenvalue weighted by Crippen LogP contribution is -2.63. The largest absolute Gasteiger partial charge is 0.115 e. The van der Waals surface area contributed by atoms with Gasteiger partial charge in [-0.2, -0.15) is 0 Å². The van der Waals surface area contributed by atoms with Gasteiger partial charge in [0.05, 0.1) is 0 Å². The average Bonchev–Trinajstić information content (AvgIpc) is 3.04. The van der Waals surface area contributed by atoms with Crippen LogP contribution in [0.2, 0.25) is 0 Å². The standard InChI is InChI=1S/C50H50/c1-9-35-17-36(10-2)20-41(19-35)49-29-43(5)23-44(6,30-49)26-47(25-43,33-49)39-13-15-40(16-14-39)48-27-45(7)24-46(8,28-48)32-50(31-45,34-48)42-21-37(11-3)18-38(12-4)22-42/h1-4,13-22H,23-34H2,5-8H3. The topological polar surface area (TPSA) is 0 Å². The van der Waals surface area contributed by atoms with Gasteiger partial charge in [0.15, 0.2) is 0 Å². The lowest BCUT2D eigenvalue weighted by molar-refractivity contribution is -0.128. The van der Waals surface area contributed by atoms with E-state index >= 15 is 0 Å². The minimum Gasteiger partial charge on any atom is -0.115 e. The van der Waals surface area contributed by atoms with Gasteiger partial charge in [-0.15, -0.1) is 25.7 Å². The maximum Gasteiger partial charge on any atom is 0.0257 e. The van der Waals surface area contributed by atoms with Crippen LogP contribution >= 0.6 is 0 Å². The first-order valence-electron chi connectivity index (χ1n) is 18.9. The SMILES string of the molecule is C#Cc1cc(C#C)cc(C23CC4(C)CC(C)(CC(c5ccc(C67CC8(C)CC(C)(C6)CC(c6cc(C#C)cc(C#C)c6)(C8)C7)cc5)(C4)C2)C3)c1. The monoisotopic (exact) mass is 650 g/mol. The summed E-state index contributed by atoms with van der Waals surface area (Å²) >= 11 is 0. The number of rotatable bonds is 4. The molecule has 0 heteroatoms. The lowest BCUT2D eigenvalue weighted by atomic mass is 9.34. The van der Waals surface area contributed by atoms with Crippen molar-refractivity contribution < 1.29 is 0 Å². The van der Waals surface area contributed by atoms with E-state index in [0.29, 0.717) is 21.7 Å². The van der Waals surface area contributed by atoms with Gasteiger partial charge >= 0.3 is 0 Å². The molecule has 0 aliphatic heterocycles. The molecule has 8 saturated carbocycles. The van der Waals surface area contributed by atoms with Crippen molar-refractivity contribution in [2.75, 3.05) is 0 Å². The van der Waals surface area contributed by atoms with Gasteiger partial charge in [0.2, 0.25) is 0 Å². The Labute approximate surface area is 301 Å². The van der Waals surface area contributed by atoms with E-state index in [1.807, 2.05) is 12.1 Å². The van der Waals surface area contributed by atoms with Gasteiger partial charge in [-0.05, 0) is 179 Å². The van der Waals surface area contributed by atoms with Gasteiger partial charge in [0.25, 0.3) is 0 Å². The highest BCUT2D eigenvalue weighted by molar-refractivity contribution is 5.52. The highest BCUT2D eigenvalue weighted by Gasteiger charge is 2.68. The van der Waals surface area contributed by atoms with Crippen molar-refractivity contribution in [3.05, 3.63) is 105 Å². The van der Waals surface area contributed by atoms with Gasteiger partial charge in [-0.3, -0.25) is 0 Å². The molecule has 3 aromatic rings. The quantitative estimate of drug-likeness (QED) is 0.247. The van der Waals surface area contributed by atoms with Crippen molar-refractivity contribution in [3.8, 4) is 49.4 Å². The summed E-state index contributed by atoms with van der Waals surface area (Å²) in [6, 6.07) is 23.4. The summed E-state index contributed by atoms with van der Waals surface area (Å²) in [5.41, 5.74) is 11.2. The Morgan fingerprint density at radius 1 is 0.340 bits per heavy atom. The minimum absolute atomic E-state index is 0.0923. The van der Waals surface area contributed by atoms with Crippen LogP contribution in [0.4, 0.5) is 0 Å². The van der Waals surface area contributed by atoms with E-state index in [9.17, 15) is 0 Å². The average molecular weight is 651 g/mol. The molecule has 8 fully saturated rings. The second kappa shape index (κ2) is 9.81. The third-order valence-electron chi connectivity index (χ3n) is 15.0. The molecular formula is C50H50. The summed E-state index contributed by atoms with van der Waals surface area (Å²) in [7, 11) is 0. The molecular weight excluding hydrogens is 601 g/mol. The lowest BCUT2D eigenvalue weighted by Gasteiger charge is -2.70. The molecule has 8 aliphatic rings. The molecule has 4 atom stereocenters. The fraction of sp³-hybridized carbons (Fsp3) is 0.480. The minimum atomic E-state index is 0.0923. The van der Waals surface area contributed by atoms with E-state index in [1.165, 1.54) is 88.2 Å². The van der Waals surface area contributed by atoms with Crippen molar-refractivity contribution in [1.29, 1.82) is 0 Å². The summed E-state index contributed by atoms with van der Waals surface area (Å²) in [6.07, 6.45) is 38.8. The first-order chi connectivity index (χ1) is 23.6. The summed E-state index contributed by atoms with van der Waals surface area (Å²) in [5.74, 6) is 11.6. The van der Waals surface area contributed by atoms with Crippen LogP contribution in [0.3, 0.4) is 0 Å². The number of hydrogen-bond donors (Lipinski definition) is 0. The smallest absolute Gasteiger partial charge is 0.0257 e. The van der Waals surface area contributed by atoms with E-state index < -0.39 is 0 Å². The fourth-order valence-corrected chi connectivity index (χ4v) is 16.0. The molecule has 3 aromatic carbocycles. The molecule has 0 N–H and O–H groups in total. The molecule has 11 rings (SSSR count). The summed E-state index contributed by atoms with van der Waals surface area (Å²) < 4.78 is 0. The van der Waals surface area contributed by atoms with Crippen LogP contribution in [0.1, 0.15) is 149 Å². The Hall–Kier alpha value is -4.10. The fourth-order valence-electron chi connectivity index (χ4n) is 16.0. The Morgan fingerprint density at radius 2 is 0.580 bits per heavy atom. The third-order valence-corrected chi connectivity index (χ3v) is 15.0. The highest BCUT2D eigenvalue weighted by Crippen LogP contribution is 2.76. The first kappa shape index (κ1) is 31.9. The Balaban J connectivity index is 1.12. The van der Waals surface area contributed by atoms with Crippen LogP contribution in [0, 0.1) is 71.0 Å². The number of benzene rings is 3. The normalized spacial score (nSPS) is 41.6. The van der Waals surface area contributed by atoms with Crippen molar-refractivity contribution in [3.63, 3.8) is 0 Å². The second-order valence-electron chi connectivity index (χ2n) is 20.2.